The average Bonchev–Trinajstić information content (AvgIpc) is 2.91. The van der Waals surface area contributed by atoms with Gasteiger partial charge in [0.25, 0.3) is 0 Å². The average molecular weight is 317 g/mol. The van der Waals surface area contributed by atoms with E-state index in [1.807, 2.05) is 33.0 Å². The fourth-order valence-electron chi connectivity index (χ4n) is 2.30. The van der Waals surface area contributed by atoms with Crippen LogP contribution >= 0.6 is 11.3 Å². The number of thiophene rings is 1. The summed E-state index contributed by atoms with van der Waals surface area (Å²) in [4.78, 5) is 20.7. The Morgan fingerprint density at radius 2 is 1.95 bits per heavy atom. The topological polar surface area (TPSA) is 45.2 Å². The molecule has 0 saturated carbocycles. The molecule has 22 heavy (non-hydrogen) atoms. The van der Waals surface area contributed by atoms with E-state index < -0.39 is 0 Å². The highest BCUT2D eigenvalue weighted by Gasteiger charge is 2.19. The predicted octanol–water partition coefficient (Wildman–Crippen LogP) is 3.79. The summed E-state index contributed by atoms with van der Waals surface area (Å²) in [5.74, 6) is 0. The molecule has 0 fully saturated rings. The Morgan fingerprint density at radius 3 is 2.55 bits per heavy atom. The van der Waals surface area contributed by atoms with Crippen LogP contribution in [0.4, 0.5) is 4.79 Å². The second-order valence-electron chi connectivity index (χ2n) is 5.63. The van der Waals surface area contributed by atoms with Crippen LogP contribution < -0.4 is 5.32 Å². The summed E-state index contributed by atoms with van der Waals surface area (Å²) in [6.07, 6.45) is 4.36. The molecule has 0 aromatic carbocycles. The quantitative estimate of drug-likeness (QED) is 0.912. The van der Waals surface area contributed by atoms with E-state index in [1.165, 1.54) is 9.75 Å². The number of aryl methyl sites for hydroxylation is 1. The molecule has 1 N–H and O–H groups in total. The second kappa shape index (κ2) is 7.40. The number of pyridine rings is 1. The molecule has 2 atom stereocenters. The summed E-state index contributed by atoms with van der Waals surface area (Å²) in [6, 6.07) is 8.19. The number of nitrogens with one attached hydrogen (secondary N) is 1. The summed E-state index contributed by atoms with van der Waals surface area (Å²) >= 11 is 1.78. The van der Waals surface area contributed by atoms with Crippen molar-refractivity contribution in [2.24, 2.45) is 0 Å². The standard InChI is InChI=1S/C17H23N3OS/c1-12(11-16-6-5-13(2)22-16)19-17(21)20(4)14(3)15-7-9-18-10-8-15/h5-10,12,14H,11H2,1-4H3,(H,19,21). The van der Waals surface area contributed by atoms with Crippen molar-refractivity contribution < 1.29 is 4.79 Å². The smallest absolute Gasteiger partial charge is 0.317 e. The Morgan fingerprint density at radius 1 is 1.27 bits per heavy atom. The van der Waals surface area contributed by atoms with Gasteiger partial charge in [-0.25, -0.2) is 4.79 Å². The Balaban J connectivity index is 1.90. The Hall–Kier alpha value is -1.88. The van der Waals surface area contributed by atoms with Gasteiger partial charge in [-0.3, -0.25) is 4.98 Å². The molecule has 5 heteroatoms. The second-order valence-corrected chi connectivity index (χ2v) is 7.01. The van der Waals surface area contributed by atoms with E-state index in [0.717, 1.165) is 12.0 Å². The fraction of sp³-hybridized carbons (Fsp3) is 0.412. The number of rotatable bonds is 5. The first-order valence-electron chi connectivity index (χ1n) is 7.46. The van der Waals surface area contributed by atoms with Gasteiger partial charge >= 0.3 is 6.03 Å². The van der Waals surface area contributed by atoms with Gasteiger partial charge in [0.05, 0.1) is 6.04 Å². The molecule has 0 spiro atoms. The van der Waals surface area contributed by atoms with Crippen molar-refractivity contribution in [3.63, 3.8) is 0 Å². The molecular weight excluding hydrogens is 294 g/mol. The van der Waals surface area contributed by atoms with Crippen molar-refractivity contribution in [3.05, 3.63) is 52.0 Å². The van der Waals surface area contributed by atoms with E-state index in [4.69, 9.17) is 0 Å². The number of amides is 2. The number of carbonyl (C=O) groups is 1. The minimum absolute atomic E-state index is 0.0131. The molecule has 0 aliphatic rings. The number of nitrogens with zero attached hydrogens (tertiary/aromatic N) is 2. The molecule has 2 heterocycles. The van der Waals surface area contributed by atoms with Gasteiger partial charge in [-0.1, -0.05) is 0 Å². The van der Waals surface area contributed by atoms with Crippen LogP contribution in [0.3, 0.4) is 0 Å². The molecule has 2 aromatic rings. The number of hydrogen-bond acceptors (Lipinski definition) is 3. The van der Waals surface area contributed by atoms with Crippen LogP contribution in [0.15, 0.2) is 36.7 Å². The molecule has 0 aliphatic carbocycles. The molecule has 0 aliphatic heterocycles. The van der Waals surface area contributed by atoms with Crippen LogP contribution in [0, 0.1) is 6.92 Å². The van der Waals surface area contributed by atoms with E-state index in [9.17, 15) is 4.79 Å². The molecule has 0 saturated heterocycles. The van der Waals surface area contributed by atoms with E-state index in [1.54, 1.807) is 28.6 Å². The number of urea groups is 1. The highest BCUT2D eigenvalue weighted by atomic mass is 32.1. The third-order valence-corrected chi connectivity index (χ3v) is 4.79. The molecule has 118 valence electrons. The maximum absolute atomic E-state index is 12.4. The maximum Gasteiger partial charge on any atom is 0.317 e. The molecule has 2 rings (SSSR count). The van der Waals surface area contributed by atoms with Crippen molar-refractivity contribution >= 4 is 17.4 Å². The monoisotopic (exact) mass is 317 g/mol. The van der Waals surface area contributed by atoms with Gasteiger partial charge < -0.3 is 10.2 Å². The summed E-state index contributed by atoms with van der Waals surface area (Å²) in [5.41, 5.74) is 1.08. The van der Waals surface area contributed by atoms with E-state index >= 15 is 0 Å². The van der Waals surface area contributed by atoms with Crippen LogP contribution in [0.2, 0.25) is 0 Å². The van der Waals surface area contributed by atoms with Crippen LogP contribution in [0.25, 0.3) is 0 Å². The van der Waals surface area contributed by atoms with Crippen LogP contribution in [0.1, 0.15) is 35.2 Å². The highest BCUT2D eigenvalue weighted by Crippen LogP contribution is 2.19. The van der Waals surface area contributed by atoms with Gasteiger partial charge in [0.2, 0.25) is 0 Å². The van der Waals surface area contributed by atoms with Gasteiger partial charge in [0.1, 0.15) is 0 Å². The summed E-state index contributed by atoms with van der Waals surface area (Å²) in [6.45, 7) is 6.15. The first-order valence-corrected chi connectivity index (χ1v) is 8.27. The third kappa shape index (κ3) is 4.31. The zero-order valence-electron chi connectivity index (χ0n) is 13.5. The van der Waals surface area contributed by atoms with Crippen LogP contribution in [-0.2, 0) is 6.42 Å². The van der Waals surface area contributed by atoms with Crippen molar-refractivity contribution in [1.82, 2.24) is 15.2 Å². The van der Waals surface area contributed by atoms with Crippen LogP contribution in [0.5, 0.6) is 0 Å². The normalized spacial score (nSPS) is 13.5. The summed E-state index contributed by atoms with van der Waals surface area (Å²) in [5, 5.41) is 3.07. The van der Waals surface area contributed by atoms with Crippen molar-refractivity contribution in [3.8, 4) is 0 Å². The Kier molecular flexibility index (Phi) is 5.55. The molecule has 0 bridgehead atoms. The lowest BCUT2D eigenvalue weighted by atomic mass is 10.1. The van der Waals surface area contributed by atoms with Gasteiger partial charge in [-0.15, -0.1) is 11.3 Å². The predicted molar refractivity (Wildman–Crippen MR) is 91.2 cm³/mol. The minimum Gasteiger partial charge on any atom is -0.335 e. The van der Waals surface area contributed by atoms with Crippen molar-refractivity contribution in [1.29, 1.82) is 0 Å². The lowest BCUT2D eigenvalue weighted by Gasteiger charge is -2.27. The molecule has 2 aromatic heterocycles. The third-order valence-electron chi connectivity index (χ3n) is 3.76. The van der Waals surface area contributed by atoms with E-state index in [-0.39, 0.29) is 18.1 Å². The zero-order chi connectivity index (χ0) is 16.1. The van der Waals surface area contributed by atoms with Crippen molar-refractivity contribution in [2.75, 3.05) is 7.05 Å². The largest absolute Gasteiger partial charge is 0.335 e. The Labute approximate surface area is 136 Å². The van der Waals surface area contributed by atoms with E-state index in [0.29, 0.717) is 0 Å². The van der Waals surface area contributed by atoms with Crippen LogP contribution in [-0.4, -0.2) is 29.0 Å². The molecule has 2 amide bonds. The number of carbonyl (C=O) groups excluding carboxylic acids is 1. The van der Waals surface area contributed by atoms with Gasteiger partial charge in [0.15, 0.2) is 0 Å². The van der Waals surface area contributed by atoms with E-state index in [2.05, 4.69) is 29.4 Å². The SMILES string of the molecule is Cc1ccc(CC(C)NC(=O)N(C)C(C)c2ccncc2)s1. The van der Waals surface area contributed by atoms with Gasteiger partial charge in [-0.05, 0) is 50.6 Å². The number of hydrogen-bond donors (Lipinski definition) is 1. The lowest BCUT2D eigenvalue weighted by Crippen LogP contribution is -2.43. The first-order chi connectivity index (χ1) is 10.5. The number of aromatic nitrogens is 1. The lowest BCUT2D eigenvalue weighted by molar-refractivity contribution is 0.191. The first kappa shape index (κ1) is 16.5. The van der Waals surface area contributed by atoms with Crippen molar-refractivity contribution in [2.45, 2.75) is 39.3 Å². The summed E-state index contributed by atoms with van der Waals surface area (Å²) < 4.78 is 0. The molecule has 4 nitrogen and oxygen atoms in total. The van der Waals surface area contributed by atoms with Gasteiger partial charge in [0, 0.05) is 41.7 Å². The fourth-order valence-corrected chi connectivity index (χ4v) is 3.32. The molecule has 2 unspecified atom stereocenters. The molecular formula is C17H23N3OS. The maximum atomic E-state index is 12.4. The zero-order valence-corrected chi connectivity index (χ0v) is 14.4. The summed E-state index contributed by atoms with van der Waals surface area (Å²) in [7, 11) is 1.82. The highest BCUT2D eigenvalue weighted by molar-refractivity contribution is 7.11. The molecule has 0 radical (unpaired) electrons. The minimum atomic E-state index is -0.0508. The Bertz CT molecular complexity index is 611. The van der Waals surface area contributed by atoms with Gasteiger partial charge in [-0.2, -0.15) is 0 Å².